The van der Waals surface area contributed by atoms with Gasteiger partial charge >= 0.3 is 0 Å². The Morgan fingerprint density at radius 3 is 2.21 bits per heavy atom. The van der Waals surface area contributed by atoms with Crippen LogP contribution in [0.25, 0.3) is 10.8 Å². The Hall–Kier alpha value is -1.99. The fraction of sp³-hybridized carbons (Fsp3) is 0.455. The molecule has 0 unspecified atom stereocenters. The maximum atomic E-state index is 13.0. The minimum absolute atomic E-state index is 0.244. The predicted octanol–water partition coefficient (Wildman–Crippen LogP) is 2.87. The molecule has 1 heterocycles. The molecular weight excluding hydrogens is 388 g/mol. The van der Waals surface area contributed by atoms with Crippen molar-refractivity contribution in [2.45, 2.75) is 25.7 Å². The van der Waals surface area contributed by atoms with Crippen LogP contribution in [-0.2, 0) is 0 Å². The van der Waals surface area contributed by atoms with Gasteiger partial charge in [0.2, 0.25) is 0 Å². The van der Waals surface area contributed by atoms with Crippen LogP contribution in [0, 0.1) is 0 Å². The molecule has 4 N–H and O–H groups in total. The zero-order valence-corrected chi connectivity index (χ0v) is 17.5. The van der Waals surface area contributed by atoms with E-state index in [-0.39, 0.29) is 11.8 Å². The summed E-state index contributed by atoms with van der Waals surface area (Å²) in [5.41, 5.74) is 12.3. The van der Waals surface area contributed by atoms with E-state index in [0.717, 1.165) is 50.7 Å². The summed E-state index contributed by atoms with van der Waals surface area (Å²) in [5.74, 6) is -0.487. The Balaban J connectivity index is 1.69. The number of hydrogen-bond donors (Lipinski definition) is 2. The van der Waals surface area contributed by atoms with Crippen molar-refractivity contribution in [2.75, 3.05) is 39.3 Å². The Kier molecular flexibility index (Phi) is 7.61. The number of nitrogens with two attached hydrogens (primary N) is 2. The van der Waals surface area contributed by atoms with Crippen LogP contribution in [0.2, 0.25) is 5.02 Å². The van der Waals surface area contributed by atoms with Crippen LogP contribution in [0.3, 0.4) is 0 Å². The maximum absolute atomic E-state index is 13.0. The molecule has 7 heteroatoms. The van der Waals surface area contributed by atoms with Gasteiger partial charge in [-0.25, -0.2) is 0 Å². The molecule has 0 aliphatic carbocycles. The minimum atomic E-state index is -0.244. The molecule has 0 atom stereocenters. The van der Waals surface area contributed by atoms with Crippen molar-refractivity contribution in [2.24, 2.45) is 11.5 Å². The lowest BCUT2D eigenvalue weighted by Crippen LogP contribution is -2.42. The van der Waals surface area contributed by atoms with Crippen LogP contribution in [0.5, 0.6) is 0 Å². The van der Waals surface area contributed by atoms with Crippen molar-refractivity contribution in [3.05, 3.63) is 46.5 Å². The molecule has 2 aromatic rings. The number of carbonyl (C=O) groups excluding carboxylic acids is 2. The number of amides is 2. The molecule has 0 aromatic heterocycles. The molecule has 0 saturated heterocycles. The Labute approximate surface area is 176 Å². The van der Waals surface area contributed by atoms with Gasteiger partial charge in [0.25, 0.3) is 11.8 Å². The van der Waals surface area contributed by atoms with Gasteiger partial charge in [0, 0.05) is 33.5 Å². The van der Waals surface area contributed by atoms with Gasteiger partial charge in [0.05, 0.1) is 0 Å². The first kappa shape index (κ1) is 21.7. The quantitative estimate of drug-likeness (QED) is 0.434. The fourth-order valence-corrected chi connectivity index (χ4v) is 4.12. The topological polar surface area (TPSA) is 92.7 Å². The standard InChI is InChI=1S/C22H29ClN4O2/c23-19-9-8-18-20-16(19)6-3-7-17(20)21(28)27(22(18)29)15-5-14-26(13-4-11-25)12-2-1-10-24/h3,6-9H,1-2,4-5,10-15,24-25H2. The van der Waals surface area contributed by atoms with E-state index in [4.69, 9.17) is 23.1 Å². The number of imide groups is 1. The summed E-state index contributed by atoms with van der Waals surface area (Å²) in [6.07, 6.45) is 3.69. The summed E-state index contributed by atoms with van der Waals surface area (Å²) in [4.78, 5) is 29.7. The summed E-state index contributed by atoms with van der Waals surface area (Å²) >= 11 is 6.27. The fourth-order valence-electron chi connectivity index (χ4n) is 3.90. The smallest absolute Gasteiger partial charge is 0.261 e. The molecule has 3 rings (SSSR count). The molecule has 0 spiro atoms. The molecule has 1 aliphatic heterocycles. The van der Waals surface area contributed by atoms with Crippen molar-refractivity contribution >= 4 is 34.2 Å². The van der Waals surface area contributed by atoms with Gasteiger partial charge < -0.3 is 16.4 Å². The van der Waals surface area contributed by atoms with Crippen LogP contribution >= 0.6 is 11.6 Å². The van der Waals surface area contributed by atoms with Crippen LogP contribution in [0.4, 0.5) is 0 Å². The summed E-state index contributed by atoms with van der Waals surface area (Å²) in [6, 6.07) is 8.87. The first-order valence-corrected chi connectivity index (χ1v) is 10.7. The number of halogens is 1. The highest BCUT2D eigenvalue weighted by Gasteiger charge is 2.32. The Morgan fingerprint density at radius 1 is 0.828 bits per heavy atom. The van der Waals surface area contributed by atoms with Crippen LogP contribution in [0.15, 0.2) is 30.3 Å². The first-order valence-electron chi connectivity index (χ1n) is 10.3. The van der Waals surface area contributed by atoms with Gasteiger partial charge in [0.1, 0.15) is 0 Å². The largest absolute Gasteiger partial charge is 0.330 e. The molecule has 156 valence electrons. The number of benzene rings is 2. The summed E-state index contributed by atoms with van der Waals surface area (Å²) in [5, 5.41) is 1.96. The SMILES string of the molecule is NCCCCN(CCCN)CCCN1C(=O)c2cccc3c(Cl)ccc(c23)C1=O. The van der Waals surface area contributed by atoms with Crippen molar-refractivity contribution in [3.63, 3.8) is 0 Å². The zero-order chi connectivity index (χ0) is 20.8. The van der Waals surface area contributed by atoms with E-state index in [0.29, 0.717) is 41.2 Å². The lowest BCUT2D eigenvalue weighted by molar-refractivity contribution is 0.0603. The predicted molar refractivity (Wildman–Crippen MR) is 117 cm³/mol. The lowest BCUT2D eigenvalue weighted by atomic mass is 9.94. The lowest BCUT2D eigenvalue weighted by Gasteiger charge is -2.29. The third kappa shape index (κ3) is 4.78. The molecule has 1 aliphatic rings. The third-order valence-corrected chi connectivity index (χ3v) is 5.73. The maximum Gasteiger partial charge on any atom is 0.261 e. The molecule has 2 aromatic carbocycles. The number of nitrogens with zero attached hydrogens (tertiary/aromatic N) is 2. The molecule has 2 amide bonds. The van der Waals surface area contributed by atoms with Gasteiger partial charge in [-0.05, 0) is 76.6 Å². The Bertz CT molecular complexity index is 864. The van der Waals surface area contributed by atoms with E-state index < -0.39 is 0 Å². The van der Waals surface area contributed by atoms with E-state index >= 15 is 0 Å². The molecular formula is C22H29ClN4O2. The highest BCUT2D eigenvalue weighted by Crippen LogP contribution is 2.34. The first-order chi connectivity index (χ1) is 14.1. The second-order valence-corrected chi connectivity index (χ2v) is 7.83. The minimum Gasteiger partial charge on any atom is -0.330 e. The summed E-state index contributed by atoms with van der Waals surface area (Å²) < 4.78 is 0. The zero-order valence-electron chi connectivity index (χ0n) is 16.7. The van der Waals surface area contributed by atoms with Gasteiger partial charge in [-0.1, -0.05) is 23.7 Å². The van der Waals surface area contributed by atoms with Crippen LogP contribution < -0.4 is 11.5 Å². The van der Waals surface area contributed by atoms with Gasteiger partial charge in [-0.2, -0.15) is 0 Å². The normalized spacial score (nSPS) is 13.7. The van der Waals surface area contributed by atoms with E-state index in [1.807, 2.05) is 12.1 Å². The third-order valence-electron chi connectivity index (χ3n) is 5.40. The summed E-state index contributed by atoms with van der Waals surface area (Å²) in [6.45, 7) is 4.44. The van der Waals surface area contributed by atoms with E-state index in [1.54, 1.807) is 18.2 Å². The monoisotopic (exact) mass is 416 g/mol. The second-order valence-electron chi connectivity index (χ2n) is 7.42. The van der Waals surface area contributed by atoms with E-state index in [2.05, 4.69) is 4.90 Å². The van der Waals surface area contributed by atoms with Crippen LogP contribution in [0.1, 0.15) is 46.4 Å². The van der Waals surface area contributed by atoms with Crippen molar-refractivity contribution in [1.82, 2.24) is 9.80 Å². The summed E-state index contributed by atoms with van der Waals surface area (Å²) in [7, 11) is 0. The molecule has 0 radical (unpaired) electrons. The molecule has 0 saturated carbocycles. The molecule has 0 fully saturated rings. The van der Waals surface area contributed by atoms with E-state index in [1.165, 1.54) is 4.90 Å². The van der Waals surface area contributed by atoms with Crippen molar-refractivity contribution < 1.29 is 9.59 Å². The second kappa shape index (κ2) is 10.2. The van der Waals surface area contributed by atoms with Crippen LogP contribution in [-0.4, -0.2) is 60.9 Å². The number of unbranched alkanes of at least 4 members (excludes halogenated alkanes) is 1. The van der Waals surface area contributed by atoms with Gasteiger partial charge in [-0.15, -0.1) is 0 Å². The molecule has 29 heavy (non-hydrogen) atoms. The molecule has 6 nitrogen and oxygen atoms in total. The Morgan fingerprint density at radius 2 is 1.48 bits per heavy atom. The number of hydrogen-bond acceptors (Lipinski definition) is 5. The average Bonchev–Trinajstić information content (AvgIpc) is 2.73. The van der Waals surface area contributed by atoms with Crippen molar-refractivity contribution in [1.29, 1.82) is 0 Å². The average molecular weight is 417 g/mol. The highest BCUT2D eigenvalue weighted by atomic mass is 35.5. The number of rotatable bonds is 11. The van der Waals surface area contributed by atoms with Gasteiger partial charge in [0.15, 0.2) is 0 Å². The number of carbonyl (C=O) groups is 2. The molecule has 0 bridgehead atoms. The van der Waals surface area contributed by atoms with Crippen molar-refractivity contribution in [3.8, 4) is 0 Å². The highest BCUT2D eigenvalue weighted by molar-refractivity contribution is 6.38. The van der Waals surface area contributed by atoms with Gasteiger partial charge in [-0.3, -0.25) is 14.5 Å². The van der Waals surface area contributed by atoms with E-state index in [9.17, 15) is 9.59 Å².